The molecule has 1 amide bonds. The zero-order valence-corrected chi connectivity index (χ0v) is 17.1. The van der Waals surface area contributed by atoms with Crippen LogP contribution in [0.1, 0.15) is 10.4 Å². The molecule has 0 unspecified atom stereocenters. The van der Waals surface area contributed by atoms with E-state index in [0.29, 0.717) is 0 Å². The van der Waals surface area contributed by atoms with Gasteiger partial charge in [0.25, 0.3) is 5.91 Å². The van der Waals surface area contributed by atoms with Crippen LogP contribution < -0.4 is 10.6 Å². The van der Waals surface area contributed by atoms with Crippen molar-refractivity contribution in [2.45, 2.75) is 4.90 Å². The first-order chi connectivity index (χ1) is 13.7. The number of amides is 1. The van der Waals surface area contributed by atoms with Gasteiger partial charge in [0.15, 0.2) is 9.84 Å². The molecule has 3 aromatic rings. The van der Waals surface area contributed by atoms with Crippen LogP contribution in [0.15, 0.2) is 53.6 Å². The van der Waals surface area contributed by atoms with E-state index in [9.17, 15) is 17.6 Å². The molecular formula is C18H13Cl2FN4O3S. The monoisotopic (exact) mass is 454 g/mol. The Labute approximate surface area is 175 Å². The number of para-hydroxylation sites is 2. The number of nitrogens with one attached hydrogen (secondary N) is 2. The van der Waals surface area contributed by atoms with Gasteiger partial charge in [-0.25, -0.2) is 17.8 Å². The van der Waals surface area contributed by atoms with E-state index in [1.54, 1.807) is 12.1 Å². The molecule has 11 heteroatoms. The molecule has 0 radical (unpaired) electrons. The summed E-state index contributed by atoms with van der Waals surface area (Å²) >= 11 is 11.8. The third-order valence-corrected chi connectivity index (χ3v) is 5.40. The van der Waals surface area contributed by atoms with Crippen LogP contribution in [0, 0.1) is 5.82 Å². The predicted octanol–water partition coefficient (Wildman–Crippen LogP) is 4.32. The number of benzene rings is 2. The summed E-state index contributed by atoms with van der Waals surface area (Å²) in [5.41, 5.74) is -0.128. The van der Waals surface area contributed by atoms with Crippen LogP contribution in [-0.4, -0.2) is 30.5 Å². The maximum Gasteiger partial charge on any atom is 0.261 e. The van der Waals surface area contributed by atoms with Crippen molar-refractivity contribution in [3.05, 3.63) is 70.3 Å². The lowest BCUT2D eigenvalue weighted by atomic mass is 10.2. The molecule has 1 aromatic heterocycles. The Morgan fingerprint density at radius 1 is 1.10 bits per heavy atom. The van der Waals surface area contributed by atoms with Crippen molar-refractivity contribution in [1.82, 2.24) is 9.97 Å². The fraction of sp³-hybridized carbons (Fsp3) is 0.0556. The molecule has 0 spiro atoms. The van der Waals surface area contributed by atoms with Gasteiger partial charge in [0.1, 0.15) is 17.2 Å². The number of carbonyl (C=O) groups excluding carboxylic acids is 1. The number of rotatable bonds is 5. The molecule has 0 fully saturated rings. The summed E-state index contributed by atoms with van der Waals surface area (Å²) in [7, 11) is -3.56. The zero-order chi connectivity index (χ0) is 21.2. The van der Waals surface area contributed by atoms with Crippen LogP contribution >= 0.6 is 23.2 Å². The zero-order valence-electron chi connectivity index (χ0n) is 14.8. The minimum absolute atomic E-state index is 0.00163. The van der Waals surface area contributed by atoms with Gasteiger partial charge in [-0.15, -0.1) is 0 Å². The average Bonchev–Trinajstić information content (AvgIpc) is 2.64. The van der Waals surface area contributed by atoms with E-state index in [-0.39, 0.29) is 38.0 Å². The third kappa shape index (κ3) is 4.81. The highest BCUT2D eigenvalue weighted by Crippen LogP contribution is 2.28. The molecule has 3 rings (SSSR count). The summed E-state index contributed by atoms with van der Waals surface area (Å²) < 4.78 is 38.0. The Morgan fingerprint density at radius 2 is 1.83 bits per heavy atom. The summed E-state index contributed by atoms with van der Waals surface area (Å²) in [5.74, 6) is -1.56. The van der Waals surface area contributed by atoms with Gasteiger partial charge < -0.3 is 10.6 Å². The lowest BCUT2D eigenvalue weighted by Gasteiger charge is -2.14. The van der Waals surface area contributed by atoms with E-state index in [1.165, 1.54) is 24.3 Å². The molecule has 0 bridgehead atoms. The van der Waals surface area contributed by atoms with E-state index in [1.807, 2.05) is 0 Å². The molecule has 29 heavy (non-hydrogen) atoms. The Kier molecular flexibility index (Phi) is 6.02. The lowest BCUT2D eigenvalue weighted by Crippen LogP contribution is -2.17. The SMILES string of the molecule is CS(=O)(=O)c1ccccc1Nc1nc(Cl)ncc1C(=O)Nc1c(F)cccc1Cl. The third-order valence-electron chi connectivity index (χ3n) is 3.74. The van der Waals surface area contributed by atoms with E-state index in [4.69, 9.17) is 23.2 Å². The van der Waals surface area contributed by atoms with Crippen molar-refractivity contribution in [2.24, 2.45) is 0 Å². The molecule has 0 saturated carbocycles. The lowest BCUT2D eigenvalue weighted by molar-refractivity contribution is 0.102. The Bertz CT molecular complexity index is 1190. The summed E-state index contributed by atoms with van der Waals surface area (Å²) in [6.45, 7) is 0. The Morgan fingerprint density at radius 3 is 2.52 bits per heavy atom. The maximum absolute atomic E-state index is 14.0. The highest BCUT2D eigenvalue weighted by Gasteiger charge is 2.20. The van der Waals surface area contributed by atoms with Crippen LogP contribution in [0.5, 0.6) is 0 Å². The van der Waals surface area contributed by atoms with E-state index in [2.05, 4.69) is 20.6 Å². The number of hydrogen-bond acceptors (Lipinski definition) is 6. The number of halogens is 3. The number of sulfone groups is 1. The van der Waals surface area contributed by atoms with Crippen LogP contribution in [0.25, 0.3) is 0 Å². The fourth-order valence-electron chi connectivity index (χ4n) is 2.44. The van der Waals surface area contributed by atoms with Crippen molar-refractivity contribution in [3.8, 4) is 0 Å². The summed E-state index contributed by atoms with van der Waals surface area (Å²) in [6.07, 6.45) is 2.18. The second-order valence-corrected chi connectivity index (χ2v) is 8.57. The highest BCUT2D eigenvalue weighted by molar-refractivity contribution is 7.90. The number of nitrogens with zero attached hydrogens (tertiary/aromatic N) is 2. The molecule has 2 N–H and O–H groups in total. The first kappa shape index (κ1) is 21.0. The minimum atomic E-state index is -3.56. The molecule has 0 atom stereocenters. The summed E-state index contributed by atoms with van der Waals surface area (Å²) in [6, 6.07) is 10.0. The van der Waals surface area contributed by atoms with Gasteiger partial charge in [0.2, 0.25) is 5.28 Å². The molecule has 0 saturated heterocycles. The molecule has 0 aliphatic heterocycles. The first-order valence-electron chi connectivity index (χ1n) is 8.01. The molecule has 0 aliphatic carbocycles. The van der Waals surface area contributed by atoms with Crippen LogP contribution in [-0.2, 0) is 9.84 Å². The van der Waals surface area contributed by atoms with Gasteiger partial charge in [-0.1, -0.05) is 29.8 Å². The van der Waals surface area contributed by atoms with Gasteiger partial charge in [-0.3, -0.25) is 4.79 Å². The average molecular weight is 455 g/mol. The second-order valence-electron chi connectivity index (χ2n) is 5.85. The normalized spacial score (nSPS) is 11.2. The molecule has 7 nitrogen and oxygen atoms in total. The van der Waals surface area contributed by atoms with Gasteiger partial charge in [-0.05, 0) is 35.9 Å². The number of anilines is 3. The quantitative estimate of drug-likeness (QED) is 0.556. The predicted molar refractivity (Wildman–Crippen MR) is 109 cm³/mol. The Hall–Kier alpha value is -2.75. The van der Waals surface area contributed by atoms with E-state index < -0.39 is 21.6 Å². The van der Waals surface area contributed by atoms with Crippen molar-refractivity contribution in [2.75, 3.05) is 16.9 Å². The van der Waals surface area contributed by atoms with Gasteiger partial charge >= 0.3 is 0 Å². The number of carbonyl (C=O) groups is 1. The minimum Gasteiger partial charge on any atom is -0.338 e. The Balaban J connectivity index is 2.01. The van der Waals surface area contributed by atoms with Crippen molar-refractivity contribution in [3.63, 3.8) is 0 Å². The van der Waals surface area contributed by atoms with Crippen LogP contribution in [0.2, 0.25) is 10.3 Å². The van der Waals surface area contributed by atoms with Crippen molar-refractivity contribution in [1.29, 1.82) is 0 Å². The topological polar surface area (TPSA) is 101 Å². The van der Waals surface area contributed by atoms with Gasteiger partial charge in [0, 0.05) is 12.5 Å². The molecule has 1 heterocycles. The maximum atomic E-state index is 14.0. The first-order valence-corrected chi connectivity index (χ1v) is 10.7. The molecule has 150 valence electrons. The summed E-state index contributed by atoms with van der Waals surface area (Å²) in [4.78, 5) is 20.4. The van der Waals surface area contributed by atoms with Crippen molar-refractivity contribution >= 4 is 56.1 Å². The highest BCUT2D eigenvalue weighted by atomic mass is 35.5. The molecular weight excluding hydrogens is 442 g/mol. The smallest absolute Gasteiger partial charge is 0.261 e. The van der Waals surface area contributed by atoms with Gasteiger partial charge in [0.05, 0.1) is 21.3 Å². The van der Waals surface area contributed by atoms with Crippen LogP contribution in [0.4, 0.5) is 21.6 Å². The van der Waals surface area contributed by atoms with Gasteiger partial charge in [-0.2, -0.15) is 4.98 Å². The largest absolute Gasteiger partial charge is 0.338 e. The molecule has 2 aromatic carbocycles. The molecule has 0 aliphatic rings. The van der Waals surface area contributed by atoms with Crippen LogP contribution in [0.3, 0.4) is 0 Å². The number of aromatic nitrogens is 2. The van der Waals surface area contributed by atoms with E-state index in [0.717, 1.165) is 18.5 Å². The van der Waals surface area contributed by atoms with E-state index >= 15 is 0 Å². The second kappa shape index (κ2) is 8.32. The van der Waals surface area contributed by atoms with Crippen molar-refractivity contribution < 1.29 is 17.6 Å². The summed E-state index contributed by atoms with van der Waals surface area (Å²) in [5, 5.41) is 4.97. The fourth-order valence-corrected chi connectivity index (χ4v) is 3.63. The standard InChI is InChI=1S/C18H13Cl2FN4O3S/c1-29(27,28)14-8-3-2-7-13(14)23-16-10(9-22-18(20)25-16)17(26)24-15-11(19)5-4-6-12(15)21/h2-9H,1H3,(H,24,26)(H,22,23,25). The number of hydrogen-bond donors (Lipinski definition) is 2.